The van der Waals surface area contributed by atoms with Crippen LogP contribution in [0.15, 0.2) is 42.0 Å². The molecule has 1 aromatic rings. The van der Waals surface area contributed by atoms with Crippen molar-refractivity contribution in [1.29, 1.82) is 0 Å². The van der Waals surface area contributed by atoms with Crippen molar-refractivity contribution in [2.45, 2.75) is 64.7 Å². The highest BCUT2D eigenvalue weighted by Crippen LogP contribution is 2.29. The Balaban J connectivity index is 1.62. The highest BCUT2D eigenvalue weighted by Gasteiger charge is 2.14. The standard InChI is InChI=1S/C20H28O2/c1-2-3-8-17-13-15-18(16-14-17)9-7-12-20(21)22-19-10-5-4-6-11-19/h4-6,10-11,15,17H,2-3,7-9,12-14,16H2,1H3. The second kappa shape index (κ2) is 9.45. The zero-order chi connectivity index (χ0) is 15.6. The summed E-state index contributed by atoms with van der Waals surface area (Å²) in [7, 11) is 0. The van der Waals surface area contributed by atoms with E-state index in [0.29, 0.717) is 12.2 Å². The first-order chi connectivity index (χ1) is 10.8. The number of para-hydroxylation sites is 1. The largest absolute Gasteiger partial charge is 0.427 e. The van der Waals surface area contributed by atoms with Gasteiger partial charge < -0.3 is 4.74 Å². The lowest BCUT2D eigenvalue weighted by Crippen LogP contribution is -2.09. The number of ether oxygens (including phenoxy) is 1. The molecule has 0 saturated carbocycles. The topological polar surface area (TPSA) is 26.3 Å². The molecule has 1 aliphatic carbocycles. The van der Waals surface area contributed by atoms with Crippen molar-refractivity contribution in [3.8, 4) is 5.75 Å². The van der Waals surface area contributed by atoms with E-state index in [0.717, 1.165) is 18.8 Å². The number of hydrogen-bond acceptors (Lipinski definition) is 2. The lowest BCUT2D eigenvalue weighted by molar-refractivity contribution is -0.134. The van der Waals surface area contributed by atoms with Crippen LogP contribution in [0.1, 0.15) is 64.7 Å². The fourth-order valence-corrected chi connectivity index (χ4v) is 3.06. The second-order valence-electron chi connectivity index (χ2n) is 6.29. The van der Waals surface area contributed by atoms with Crippen LogP contribution in [0.2, 0.25) is 0 Å². The Kier molecular flexibility index (Phi) is 7.21. The number of carbonyl (C=O) groups excluding carboxylic acids is 1. The molecule has 1 unspecified atom stereocenters. The van der Waals surface area contributed by atoms with E-state index in [2.05, 4.69) is 13.0 Å². The Morgan fingerprint density at radius 1 is 1.23 bits per heavy atom. The molecule has 0 spiro atoms. The van der Waals surface area contributed by atoms with E-state index in [9.17, 15) is 4.79 Å². The van der Waals surface area contributed by atoms with Gasteiger partial charge in [0, 0.05) is 6.42 Å². The Labute approximate surface area is 134 Å². The third-order valence-electron chi connectivity index (χ3n) is 4.43. The number of esters is 1. The molecule has 0 amide bonds. The summed E-state index contributed by atoms with van der Waals surface area (Å²) in [6, 6.07) is 9.31. The fraction of sp³-hybridized carbons (Fsp3) is 0.550. The lowest BCUT2D eigenvalue weighted by atomic mass is 9.85. The van der Waals surface area contributed by atoms with Crippen LogP contribution in [0.3, 0.4) is 0 Å². The van der Waals surface area contributed by atoms with Gasteiger partial charge in [-0.2, -0.15) is 0 Å². The summed E-state index contributed by atoms with van der Waals surface area (Å²) < 4.78 is 5.31. The Morgan fingerprint density at radius 2 is 2.05 bits per heavy atom. The summed E-state index contributed by atoms with van der Waals surface area (Å²) in [6.45, 7) is 2.26. The molecule has 1 aromatic carbocycles. The highest BCUT2D eigenvalue weighted by molar-refractivity contribution is 5.72. The van der Waals surface area contributed by atoms with Gasteiger partial charge in [0.05, 0.1) is 0 Å². The normalized spacial score (nSPS) is 17.9. The van der Waals surface area contributed by atoms with Crippen LogP contribution in [0.5, 0.6) is 5.75 Å². The first-order valence-corrected chi connectivity index (χ1v) is 8.71. The van der Waals surface area contributed by atoms with Crippen molar-refractivity contribution in [3.05, 3.63) is 42.0 Å². The van der Waals surface area contributed by atoms with Gasteiger partial charge in [-0.25, -0.2) is 0 Å². The van der Waals surface area contributed by atoms with E-state index in [4.69, 9.17) is 4.74 Å². The van der Waals surface area contributed by atoms with Gasteiger partial charge in [0.2, 0.25) is 0 Å². The Bertz CT molecular complexity index is 476. The minimum Gasteiger partial charge on any atom is -0.427 e. The van der Waals surface area contributed by atoms with Crippen LogP contribution in [-0.2, 0) is 4.79 Å². The van der Waals surface area contributed by atoms with Crippen molar-refractivity contribution in [2.24, 2.45) is 5.92 Å². The first-order valence-electron chi connectivity index (χ1n) is 8.71. The highest BCUT2D eigenvalue weighted by atomic mass is 16.5. The van der Waals surface area contributed by atoms with Gasteiger partial charge in [-0.15, -0.1) is 0 Å². The molecule has 120 valence electrons. The number of benzene rings is 1. The van der Waals surface area contributed by atoms with Gasteiger partial charge in [-0.3, -0.25) is 4.79 Å². The van der Waals surface area contributed by atoms with E-state index in [1.165, 1.54) is 38.5 Å². The van der Waals surface area contributed by atoms with Gasteiger partial charge in [-0.05, 0) is 50.2 Å². The zero-order valence-corrected chi connectivity index (χ0v) is 13.7. The molecule has 22 heavy (non-hydrogen) atoms. The molecule has 0 saturated heterocycles. The van der Waals surface area contributed by atoms with Crippen molar-refractivity contribution in [3.63, 3.8) is 0 Å². The summed E-state index contributed by atoms with van der Waals surface area (Å²) in [6.07, 6.45) is 12.7. The molecule has 0 fully saturated rings. The summed E-state index contributed by atoms with van der Waals surface area (Å²) in [4.78, 5) is 11.8. The first kappa shape index (κ1) is 16.8. The number of allylic oxidation sites excluding steroid dienone is 2. The van der Waals surface area contributed by atoms with E-state index in [-0.39, 0.29) is 5.97 Å². The van der Waals surface area contributed by atoms with Crippen LogP contribution in [0.4, 0.5) is 0 Å². The maximum Gasteiger partial charge on any atom is 0.311 e. The van der Waals surface area contributed by atoms with Gasteiger partial charge in [0.15, 0.2) is 0 Å². The smallest absolute Gasteiger partial charge is 0.311 e. The van der Waals surface area contributed by atoms with E-state index in [1.54, 1.807) is 5.57 Å². The molecular weight excluding hydrogens is 272 g/mol. The molecule has 0 aliphatic heterocycles. The second-order valence-corrected chi connectivity index (χ2v) is 6.29. The van der Waals surface area contributed by atoms with Crippen LogP contribution < -0.4 is 4.74 Å². The summed E-state index contributed by atoms with van der Waals surface area (Å²) in [5.74, 6) is 1.42. The van der Waals surface area contributed by atoms with E-state index >= 15 is 0 Å². The molecule has 2 rings (SSSR count). The minimum absolute atomic E-state index is 0.122. The summed E-state index contributed by atoms with van der Waals surface area (Å²) in [5.41, 5.74) is 1.54. The quantitative estimate of drug-likeness (QED) is 0.351. The van der Waals surface area contributed by atoms with Crippen molar-refractivity contribution >= 4 is 5.97 Å². The maximum absolute atomic E-state index is 11.8. The van der Waals surface area contributed by atoms with Gasteiger partial charge in [0.25, 0.3) is 0 Å². The molecule has 2 nitrogen and oxygen atoms in total. The fourth-order valence-electron chi connectivity index (χ4n) is 3.06. The number of unbranched alkanes of at least 4 members (excludes halogenated alkanes) is 1. The van der Waals surface area contributed by atoms with Crippen LogP contribution in [0.25, 0.3) is 0 Å². The van der Waals surface area contributed by atoms with Crippen molar-refractivity contribution in [1.82, 2.24) is 0 Å². The number of rotatable bonds is 8. The maximum atomic E-state index is 11.8. The molecule has 0 aromatic heterocycles. The van der Waals surface area contributed by atoms with Crippen molar-refractivity contribution < 1.29 is 9.53 Å². The third kappa shape index (κ3) is 6.05. The molecule has 0 bridgehead atoms. The van der Waals surface area contributed by atoms with Crippen LogP contribution in [0, 0.1) is 5.92 Å². The predicted molar refractivity (Wildman–Crippen MR) is 90.9 cm³/mol. The number of carbonyl (C=O) groups is 1. The van der Waals surface area contributed by atoms with Crippen molar-refractivity contribution in [2.75, 3.05) is 0 Å². The lowest BCUT2D eigenvalue weighted by Gasteiger charge is -2.21. The van der Waals surface area contributed by atoms with E-state index in [1.807, 2.05) is 30.3 Å². The van der Waals surface area contributed by atoms with Gasteiger partial charge in [0.1, 0.15) is 5.75 Å². The minimum atomic E-state index is -0.122. The molecule has 0 N–H and O–H groups in total. The molecule has 1 aliphatic rings. The zero-order valence-electron chi connectivity index (χ0n) is 13.7. The third-order valence-corrected chi connectivity index (χ3v) is 4.43. The number of hydrogen-bond donors (Lipinski definition) is 0. The summed E-state index contributed by atoms with van der Waals surface area (Å²) >= 11 is 0. The predicted octanol–water partition coefficient (Wildman–Crippen LogP) is 5.68. The van der Waals surface area contributed by atoms with Gasteiger partial charge >= 0.3 is 5.97 Å². The molecular formula is C20H28O2. The SMILES string of the molecule is CCCCC1CC=C(CCCC(=O)Oc2ccccc2)CC1. The van der Waals surface area contributed by atoms with E-state index < -0.39 is 0 Å². The Hall–Kier alpha value is -1.57. The van der Waals surface area contributed by atoms with Gasteiger partial charge in [-0.1, -0.05) is 56.0 Å². The van der Waals surface area contributed by atoms with Crippen LogP contribution >= 0.6 is 0 Å². The molecule has 1 atom stereocenters. The molecule has 0 heterocycles. The summed E-state index contributed by atoms with van der Waals surface area (Å²) in [5, 5.41) is 0. The van der Waals surface area contributed by atoms with Crippen LogP contribution in [-0.4, -0.2) is 5.97 Å². The monoisotopic (exact) mass is 300 g/mol. The molecule has 0 radical (unpaired) electrons. The molecule has 2 heteroatoms. The average Bonchev–Trinajstić information content (AvgIpc) is 2.55. The average molecular weight is 300 g/mol. The Morgan fingerprint density at radius 3 is 2.73 bits per heavy atom.